The largest absolute Gasteiger partial charge is 0.375 e. The number of nitrogens with one attached hydrogen (secondary N) is 1. The second-order valence-corrected chi connectivity index (χ2v) is 5.14. The van der Waals surface area contributed by atoms with Crippen molar-refractivity contribution in [2.45, 2.75) is 20.4 Å². The molecule has 0 bridgehead atoms. The van der Waals surface area contributed by atoms with Gasteiger partial charge in [0, 0.05) is 17.6 Å². The van der Waals surface area contributed by atoms with E-state index < -0.39 is 4.92 Å². The topological polar surface area (TPSA) is 55.2 Å². The van der Waals surface area contributed by atoms with Gasteiger partial charge in [-0.2, -0.15) is 0 Å². The normalized spacial score (nSPS) is 10.3. The Labute approximate surface area is 122 Å². The molecule has 104 valence electrons. The van der Waals surface area contributed by atoms with Crippen molar-refractivity contribution < 1.29 is 4.92 Å². The molecule has 0 saturated heterocycles. The Kier molecular flexibility index (Phi) is 4.25. The summed E-state index contributed by atoms with van der Waals surface area (Å²) in [6.45, 7) is 4.58. The van der Waals surface area contributed by atoms with Crippen LogP contribution in [0, 0.1) is 24.0 Å². The van der Waals surface area contributed by atoms with Crippen LogP contribution in [-0.2, 0) is 6.54 Å². The van der Waals surface area contributed by atoms with E-state index in [4.69, 9.17) is 11.6 Å². The molecular weight excluding hydrogens is 276 g/mol. The Bertz CT molecular complexity index is 656. The van der Waals surface area contributed by atoms with E-state index in [2.05, 4.69) is 11.4 Å². The van der Waals surface area contributed by atoms with Crippen LogP contribution < -0.4 is 5.32 Å². The number of hydrogen-bond acceptors (Lipinski definition) is 3. The van der Waals surface area contributed by atoms with Gasteiger partial charge in [0.2, 0.25) is 0 Å². The molecule has 5 heteroatoms. The number of nitro benzene ring substituents is 1. The molecule has 1 N–H and O–H groups in total. The highest BCUT2D eigenvalue weighted by Gasteiger charge is 2.13. The summed E-state index contributed by atoms with van der Waals surface area (Å²) in [4.78, 5) is 10.6. The minimum Gasteiger partial charge on any atom is -0.375 e. The number of aryl methyl sites for hydroxylation is 2. The van der Waals surface area contributed by atoms with E-state index in [1.54, 1.807) is 6.07 Å². The molecule has 2 aromatic rings. The summed E-state index contributed by atoms with van der Waals surface area (Å²) in [7, 11) is 0. The summed E-state index contributed by atoms with van der Waals surface area (Å²) in [6.07, 6.45) is 0. The van der Waals surface area contributed by atoms with Gasteiger partial charge in [-0.3, -0.25) is 10.1 Å². The Morgan fingerprint density at radius 3 is 2.60 bits per heavy atom. The molecule has 0 aliphatic carbocycles. The van der Waals surface area contributed by atoms with Crippen molar-refractivity contribution in [3.63, 3.8) is 0 Å². The predicted molar refractivity (Wildman–Crippen MR) is 81.3 cm³/mol. The fourth-order valence-corrected chi connectivity index (χ4v) is 2.22. The maximum Gasteiger partial charge on any atom is 0.292 e. The minimum atomic E-state index is -0.416. The maximum atomic E-state index is 11.0. The zero-order valence-electron chi connectivity index (χ0n) is 11.3. The van der Waals surface area contributed by atoms with Crippen LogP contribution in [0.4, 0.5) is 11.4 Å². The van der Waals surface area contributed by atoms with Crippen LogP contribution in [0.2, 0.25) is 5.02 Å². The minimum absolute atomic E-state index is 0.0270. The molecule has 0 fully saturated rings. The molecule has 0 aliphatic heterocycles. The third kappa shape index (κ3) is 3.27. The molecule has 2 rings (SSSR count). The van der Waals surface area contributed by atoms with Gasteiger partial charge < -0.3 is 5.32 Å². The zero-order chi connectivity index (χ0) is 14.7. The number of rotatable bonds is 4. The maximum absolute atomic E-state index is 11.0. The molecule has 0 atom stereocenters. The van der Waals surface area contributed by atoms with Crippen LogP contribution in [0.25, 0.3) is 0 Å². The van der Waals surface area contributed by atoms with Gasteiger partial charge in [0.1, 0.15) is 5.69 Å². The van der Waals surface area contributed by atoms with E-state index in [9.17, 15) is 10.1 Å². The summed E-state index contributed by atoms with van der Waals surface area (Å²) in [6, 6.07) is 10.6. The highest BCUT2D eigenvalue weighted by atomic mass is 35.5. The zero-order valence-corrected chi connectivity index (χ0v) is 12.1. The van der Waals surface area contributed by atoms with Crippen LogP contribution in [0.15, 0.2) is 36.4 Å². The van der Waals surface area contributed by atoms with E-state index >= 15 is 0 Å². The summed E-state index contributed by atoms with van der Waals surface area (Å²) in [5, 5.41) is 14.5. The molecule has 0 saturated carbocycles. The average Bonchev–Trinajstić information content (AvgIpc) is 2.37. The third-order valence-corrected chi connectivity index (χ3v) is 3.36. The highest BCUT2D eigenvalue weighted by Crippen LogP contribution is 2.28. The molecule has 0 amide bonds. The van der Waals surface area contributed by atoms with Gasteiger partial charge in [0.15, 0.2) is 0 Å². The van der Waals surface area contributed by atoms with Crippen molar-refractivity contribution in [3.8, 4) is 0 Å². The second-order valence-electron chi connectivity index (χ2n) is 4.70. The highest BCUT2D eigenvalue weighted by molar-refractivity contribution is 6.31. The van der Waals surface area contributed by atoms with Crippen LogP contribution >= 0.6 is 11.6 Å². The van der Waals surface area contributed by atoms with Gasteiger partial charge in [-0.05, 0) is 37.1 Å². The van der Waals surface area contributed by atoms with Gasteiger partial charge >= 0.3 is 0 Å². The van der Waals surface area contributed by atoms with Crippen LogP contribution in [-0.4, -0.2) is 4.92 Å². The second kappa shape index (κ2) is 5.92. The van der Waals surface area contributed by atoms with Crippen molar-refractivity contribution >= 4 is 23.0 Å². The SMILES string of the molecule is Cc1ccc(CNc2cc(Cl)ccc2[N+](=O)[O-])c(C)c1. The fraction of sp³-hybridized carbons (Fsp3) is 0.200. The number of nitrogens with zero attached hydrogens (tertiary/aromatic N) is 1. The lowest BCUT2D eigenvalue weighted by Gasteiger charge is -2.10. The number of halogens is 1. The lowest BCUT2D eigenvalue weighted by molar-refractivity contribution is -0.384. The first-order chi connectivity index (χ1) is 9.47. The van der Waals surface area contributed by atoms with Gasteiger partial charge in [0.05, 0.1) is 4.92 Å². The van der Waals surface area contributed by atoms with Gasteiger partial charge in [-0.1, -0.05) is 35.4 Å². The first-order valence-corrected chi connectivity index (χ1v) is 6.59. The first-order valence-electron chi connectivity index (χ1n) is 6.21. The molecule has 0 aliphatic rings. The molecule has 0 heterocycles. The Hall–Kier alpha value is -2.07. The summed E-state index contributed by atoms with van der Waals surface area (Å²) < 4.78 is 0. The van der Waals surface area contributed by atoms with Gasteiger partial charge in [0.25, 0.3) is 5.69 Å². The van der Waals surface area contributed by atoms with E-state index in [0.717, 1.165) is 11.1 Å². The van der Waals surface area contributed by atoms with Crippen LogP contribution in [0.1, 0.15) is 16.7 Å². The van der Waals surface area contributed by atoms with E-state index in [-0.39, 0.29) is 5.69 Å². The molecule has 20 heavy (non-hydrogen) atoms. The average molecular weight is 291 g/mol. The fourth-order valence-electron chi connectivity index (χ4n) is 2.04. The molecule has 0 radical (unpaired) electrons. The molecule has 0 spiro atoms. The van der Waals surface area contributed by atoms with Crippen molar-refractivity contribution in [1.82, 2.24) is 0 Å². The van der Waals surface area contributed by atoms with Crippen molar-refractivity contribution in [3.05, 3.63) is 68.2 Å². The monoisotopic (exact) mass is 290 g/mol. The van der Waals surface area contributed by atoms with Crippen molar-refractivity contribution in [1.29, 1.82) is 0 Å². The number of nitro groups is 1. The Balaban J connectivity index is 2.22. The van der Waals surface area contributed by atoms with Crippen molar-refractivity contribution in [2.24, 2.45) is 0 Å². The molecule has 2 aromatic carbocycles. The number of hydrogen-bond donors (Lipinski definition) is 1. The first kappa shape index (κ1) is 14.3. The smallest absolute Gasteiger partial charge is 0.292 e. The van der Waals surface area contributed by atoms with Crippen molar-refractivity contribution in [2.75, 3.05) is 5.32 Å². The summed E-state index contributed by atoms with van der Waals surface area (Å²) >= 11 is 5.89. The quantitative estimate of drug-likeness (QED) is 0.667. The van der Waals surface area contributed by atoms with Gasteiger partial charge in [-0.15, -0.1) is 0 Å². The predicted octanol–water partition coefficient (Wildman–Crippen LogP) is 4.48. The lowest BCUT2D eigenvalue weighted by atomic mass is 10.1. The molecule has 4 nitrogen and oxygen atoms in total. The van der Waals surface area contributed by atoms with E-state index in [0.29, 0.717) is 17.3 Å². The van der Waals surface area contributed by atoms with E-state index in [1.807, 2.05) is 26.0 Å². The Morgan fingerprint density at radius 1 is 1.20 bits per heavy atom. The lowest BCUT2D eigenvalue weighted by Crippen LogP contribution is -2.04. The third-order valence-electron chi connectivity index (χ3n) is 3.12. The molecule has 0 unspecified atom stereocenters. The molecular formula is C15H15ClN2O2. The van der Waals surface area contributed by atoms with Crippen LogP contribution in [0.3, 0.4) is 0 Å². The molecule has 0 aromatic heterocycles. The van der Waals surface area contributed by atoms with Crippen LogP contribution in [0.5, 0.6) is 0 Å². The van der Waals surface area contributed by atoms with Gasteiger partial charge in [-0.25, -0.2) is 0 Å². The standard InChI is InChI=1S/C15H15ClN2O2/c1-10-3-4-12(11(2)7-10)9-17-14-8-13(16)5-6-15(14)18(19)20/h3-8,17H,9H2,1-2H3. The number of anilines is 1. The Morgan fingerprint density at radius 2 is 1.95 bits per heavy atom. The summed E-state index contributed by atoms with van der Waals surface area (Å²) in [5.74, 6) is 0. The number of benzene rings is 2. The van der Waals surface area contributed by atoms with E-state index in [1.165, 1.54) is 17.7 Å². The summed E-state index contributed by atoms with van der Waals surface area (Å²) in [5.41, 5.74) is 3.91.